The van der Waals surface area contributed by atoms with Crippen LogP contribution in [0.1, 0.15) is 90.5 Å². The van der Waals surface area contributed by atoms with Crippen molar-refractivity contribution in [3.05, 3.63) is 29.8 Å². The van der Waals surface area contributed by atoms with Gasteiger partial charge in [0.15, 0.2) is 0 Å². The Labute approximate surface area is 192 Å². The summed E-state index contributed by atoms with van der Waals surface area (Å²) in [5, 5.41) is 9.49. The van der Waals surface area contributed by atoms with E-state index in [1.165, 1.54) is 100 Å². The summed E-state index contributed by atoms with van der Waals surface area (Å²) < 4.78 is 32.3. The van der Waals surface area contributed by atoms with Crippen molar-refractivity contribution in [1.82, 2.24) is 0 Å². The van der Waals surface area contributed by atoms with E-state index in [4.69, 9.17) is 0 Å². The van der Waals surface area contributed by atoms with Gasteiger partial charge in [0.2, 0.25) is 0 Å². The van der Waals surface area contributed by atoms with Gasteiger partial charge < -0.3 is 14.1 Å². The van der Waals surface area contributed by atoms with Crippen molar-refractivity contribution in [2.75, 3.05) is 32.8 Å². The summed E-state index contributed by atoms with van der Waals surface area (Å²) in [6.45, 7) is 13.8. The maximum atomic E-state index is 10.4. The lowest BCUT2D eigenvalue weighted by molar-refractivity contribution is -0.929. The largest absolute Gasteiger partial charge is 0.744 e. The first-order valence-corrected chi connectivity index (χ1v) is 13.6. The van der Waals surface area contributed by atoms with Gasteiger partial charge in [0.25, 0.3) is 0 Å². The zero-order valence-corrected chi connectivity index (χ0v) is 21.3. The fourth-order valence-electron chi connectivity index (χ4n) is 3.83. The molecule has 0 aliphatic heterocycles. The van der Waals surface area contributed by atoms with Crippen LogP contribution in [0.4, 0.5) is 0 Å². The molecule has 0 fully saturated rings. The Bertz CT molecular complexity index is 632. The van der Waals surface area contributed by atoms with Crippen molar-refractivity contribution in [2.45, 2.75) is 96.8 Å². The molecule has 0 aliphatic rings. The molecule has 182 valence electrons. The van der Waals surface area contributed by atoms with E-state index in [0.717, 1.165) is 12.1 Å². The van der Waals surface area contributed by atoms with E-state index in [0.29, 0.717) is 6.61 Å². The van der Waals surface area contributed by atoms with Gasteiger partial charge in [-0.25, -0.2) is 8.42 Å². The Balaban J connectivity index is 0.000000683. The predicted octanol–water partition coefficient (Wildman–Crippen LogP) is 5.66. The predicted molar refractivity (Wildman–Crippen MR) is 129 cm³/mol. The number of hydrogen-bond acceptors (Lipinski definition) is 4. The SMILES string of the molecule is CCCCCC[N+](CCO)(CCCC)CCCCCC.Cc1ccc(S(=O)(=O)[O-])cc1. The Morgan fingerprint density at radius 2 is 1.19 bits per heavy atom. The Hall–Kier alpha value is -0.950. The number of aryl methyl sites for hydroxylation is 1. The first kappa shape index (κ1) is 30.0. The molecule has 1 N–H and O–H groups in total. The monoisotopic (exact) mass is 457 g/mol. The second kappa shape index (κ2) is 17.6. The van der Waals surface area contributed by atoms with Gasteiger partial charge in [0.1, 0.15) is 16.7 Å². The van der Waals surface area contributed by atoms with Crippen molar-refractivity contribution >= 4 is 10.1 Å². The van der Waals surface area contributed by atoms with Crippen LogP contribution in [-0.4, -0.2) is 55.3 Å². The minimum absolute atomic E-state index is 0.178. The maximum Gasteiger partial charge on any atom is 0.124 e. The van der Waals surface area contributed by atoms with E-state index in [2.05, 4.69) is 20.8 Å². The van der Waals surface area contributed by atoms with Gasteiger partial charge in [-0.05, 0) is 51.2 Å². The summed E-state index contributed by atoms with van der Waals surface area (Å²) >= 11 is 0. The molecule has 0 unspecified atom stereocenters. The molecule has 0 aliphatic carbocycles. The van der Waals surface area contributed by atoms with Gasteiger partial charge in [-0.1, -0.05) is 70.6 Å². The summed E-state index contributed by atoms with van der Waals surface area (Å²) in [4.78, 5) is -0.178. The molecular formula is C25H47NO4S. The topological polar surface area (TPSA) is 77.4 Å². The van der Waals surface area contributed by atoms with E-state index in [-0.39, 0.29) is 4.90 Å². The average molecular weight is 458 g/mol. The van der Waals surface area contributed by atoms with Gasteiger partial charge in [-0.2, -0.15) is 0 Å². The van der Waals surface area contributed by atoms with Crippen LogP contribution in [0.3, 0.4) is 0 Å². The minimum Gasteiger partial charge on any atom is -0.744 e. The number of hydrogen-bond donors (Lipinski definition) is 1. The Morgan fingerprint density at radius 3 is 1.58 bits per heavy atom. The lowest BCUT2D eigenvalue weighted by Gasteiger charge is -2.39. The van der Waals surface area contributed by atoms with E-state index in [1.807, 2.05) is 6.92 Å². The second-order valence-corrected chi connectivity index (χ2v) is 10.1. The van der Waals surface area contributed by atoms with Crippen LogP contribution in [-0.2, 0) is 10.1 Å². The van der Waals surface area contributed by atoms with Crippen LogP contribution in [0.25, 0.3) is 0 Å². The molecule has 0 radical (unpaired) electrons. The third kappa shape index (κ3) is 14.7. The Morgan fingerprint density at radius 1 is 0.742 bits per heavy atom. The zero-order chi connectivity index (χ0) is 23.6. The van der Waals surface area contributed by atoms with Gasteiger partial charge >= 0.3 is 0 Å². The highest BCUT2D eigenvalue weighted by Gasteiger charge is 2.25. The van der Waals surface area contributed by atoms with Crippen molar-refractivity contribution < 1.29 is 22.6 Å². The number of nitrogens with zero attached hydrogens (tertiary/aromatic N) is 1. The van der Waals surface area contributed by atoms with Gasteiger partial charge in [0, 0.05) is 0 Å². The molecule has 6 heteroatoms. The number of aliphatic hydroxyl groups is 1. The average Bonchev–Trinajstić information content (AvgIpc) is 2.73. The number of rotatable bonds is 16. The number of benzene rings is 1. The smallest absolute Gasteiger partial charge is 0.124 e. The normalized spacial score (nSPS) is 11.8. The van der Waals surface area contributed by atoms with Crippen LogP contribution >= 0.6 is 0 Å². The molecule has 5 nitrogen and oxygen atoms in total. The third-order valence-corrected chi connectivity index (χ3v) is 6.69. The number of aliphatic hydroxyl groups excluding tert-OH is 1. The van der Waals surface area contributed by atoms with E-state index < -0.39 is 10.1 Å². The van der Waals surface area contributed by atoms with Gasteiger partial charge in [0.05, 0.1) is 31.1 Å². The van der Waals surface area contributed by atoms with Crippen molar-refractivity contribution in [3.8, 4) is 0 Å². The molecule has 0 aromatic heterocycles. The second-order valence-electron chi connectivity index (χ2n) is 8.70. The van der Waals surface area contributed by atoms with Crippen LogP contribution in [0.15, 0.2) is 29.2 Å². The van der Waals surface area contributed by atoms with Crippen LogP contribution in [0.5, 0.6) is 0 Å². The lowest BCUT2D eigenvalue weighted by atomic mass is 10.1. The van der Waals surface area contributed by atoms with Crippen molar-refractivity contribution in [3.63, 3.8) is 0 Å². The quantitative estimate of drug-likeness (QED) is 0.197. The molecule has 0 spiro atoms. The first-order chi connectivity index (χ1) is 14.7. The minimum atomic E-state index is -4.27. The van der Waals surface area contributed by atoms with Gasteiger partial charge in [-0.15, -0.1) is 0 Å². The lowest BCUT2D eigenvalue weighted by Crippen LogP contribution is -2.51. The molecule has 31 heavy (non-hydrogen) atoms. The molecule has 0 saturated heterocycles. The molecule has 0 atom stereocenters. The highest BCUT2D eigenvalue weighted by molar-refractivity contribution is 7.85. The van der Waals surface area contributed by atoms with Crippen LogP contribution in [0.2, 0.25) is 0 Å². The summed E-state index contributed by atoms with van der Waals surface area (Å²) in [5.41, 5.74) is 0.928. The Kier molecular flexibility index (Phi) is 17.0. The van der Waals surface area contributed by atoms with E-state index in [1.54, 1.807) is 12.1 Å². The summed E-state index contributed by atoms with van der Waals surface area (Å²) in [7, 11) is -4.27. The highest BCUT2D eigenvalue weighted by atomic mass is 32.2. The van der Waals surface area contributed by atoms with Crippen LogP contribution < -0.4 is 0 Å². The summed E-state index contributed by atoms with van der Waals surface area (Å²) in [5.74, 6) is 0. The summed E-state index contributed by atoms with van der Waals surface area (Å²) in [6.07, 6.45) is 13.3. The van der Waals surface area contributed by atoms with E-state index >= 15 is 0 Å². The number of quaternary nitrogens is 1. The molecule has 0 amide bonds. The number of unbranched alkanes of at least 4 members (excludes halogenated alkanes) is 7. The van der Waals surface area contributed by atoms with E-state index in [9.17, 15) is 18.1 Å². The molecule has 1 aromatic rings. The highest BCUT2D eigenvalue weighted by Crippen LogP contribution is 2.16. The van der Waals surface area contributed by atoms with Crippen molar-refractivity contribution in [2.24, 2.45) is 0 Å². The molecule has 1 rings (SSSR count). The molecule has 0 saturated carbocycles. The maximum absolute atomic E-state index is 10.4. The fraction of sp³-hybridized carbons (Fsp3) is 0.760. The fourth-order valence-corrected chi connectivity index (χ4v) is 4.30. The van der Waals surface area contributed by atoms with Crippen molar-refractivity contribution in [1.29, 1.82) is 0 Å². The van der Waals surface area contributed by atoms with Crippen LogP contribution in [0, 0.1) is 6.92 Å². The molecule has 0 heterocycles. The standard InChI is InChI=1S/C18H40NO.C7H8O3S/c1-4-7-10-12-15-19(17-18-20,14-9-6-3)16-13-11-8-5-2;1-6-2-4-7(5-3-6)11(8,9)10/h20H,4-18H2,1-3H3;2-5H,1H3,(H,8,9,10)/q+1;/p-1. The summed E-state index contributed by atoms with van der Waals surface area (Å²) in [6, 6.07) is 5.78. The third-order valence-electron chi connectivity index (χ3n) is 5.84. The molecule has 1 aromatic carbocycles. The first-order valence-electron chi connectivity index (χ1n) is 12.2. The molecular weight excluding hydrogens is 410 g/mol. The van der Waals surface area contributed by atoms with Gasteiger partial charge in [-0.3, -0.25) is 0 Å². The molecule has 0 bridgehead atoms. The zero-order valence-electron chi connectivity index (χ0n) is 20.4.